The molecule has 4 aromatic rings. The molecule has 61 heavy (non-hydrogen) atoms. The summed E-state index contributed by atoms with van der Waals surface area (Å²) >= 11 is 0. The minimum absolute atomic E-state index is 0.245. The third-order valence-electron chi connectivity index (χ3n) is 8.66. The summed E-state index contributed by atoms with van der Waals surface area (Å²) in [6.07, 6.45) is -12.9. The van der Waals surface area contributed by atoms with E-state index in [1.165, 1.54) is 35.1 Å². The Hall–Kier alpha value is -5.06. The number of hydrogen-bond donors (Lipinski definition) is 10. The van der Waals surface area contributed by atoms with Crippen LogP contribution in [0, 0.1) is 0 Å². The van der Waals surface area contributed by atoms with Crippen molar-refractivity contribution in [2.24, 2.45) is 5.73 Å². The van der Waals surface area contributed by atoms with E-state index in [0.717, 1.165) is 22.3 Å². The van der Waals surface area contributed by atoms with Gasteiger partial charge >= 0.3 is 11.9 Å². The first-order chi connectivity index (χ1) is 29.2. The maximum Gasteiger partial charge on any atom is 0.321 e. The number of rotatable bonds is 9. The Bertz CT molecular complexity index is 1670. The number of carbonyl (C=O) groups is 2. The normalized spacial score (nSPS) is 25.1. The molecule has 6 rings (SSSR count). The fourth-order valence-electron chi connectivity index (χ4n) is 5.45. The molecule has 18 nitrogen and oxygen atoms in total. The second-order valence-corrected chi connectivity index (χ2v) is 12.9. The quantitative estimate of drug-likeness (QED) is 0.0810. The van der Waals surface area contributed by atoms with Crippen LogP contribution in [0.4, 0.5) is 0 Å². The van der Waals surface area contributed by atoms with Gasteiger partial charge in [0.1, 0.15) is 60.3 Å². The van der Waals surface area contributed by atoms with Crippen LogP contribution in [0.2, 0.25) is 0 Å². The molecule has 336 valence electrons. The number of aliphatic hydroxyl groups excluding tert-OH is 8. The molecule has 0 saturated carbocycles. The Balaban J connectivity index is 0.000000328. The zero-order valence-electron chi connectivity index (χ0n) is 34.5. The van der Waals surface area contributed by atoms with E-state index in [-0.39, 0.29) is 11.9 Å². The van der Waals surface area contributed by atoms with Gasteiger partial charge in [-0.25, -0.2) is 0 Å². The lowest BCUT2D eigenvalue weighted by Gasteiger charge is -2.39. The third kappa shape index (κ3) is 16.7. The van der Waals surface area contributed by atoms with Gasteiger partial charge in [-0.3, -0.25) is 9.59 Å². The van der Waals surface area contributed by atoms with Gasteiger partial charge in [0, 0.05) is 20.9 Å². The summed E-state index contributed by atoms with van der Waals surface area (Å²) in [7, 11) is 4.38. The highest BCUT2D eigenvalue weighted by molar-refractivity contribution is 5.66. The highest BCUT2D eigenvalue weighted by atomic mass is 16.7. The van der Waals surface area contributed by atoms with Crippen molar-refractivity contribution in [1.82, 2.24) is 5.48 Å². The van der Waals surface area contributed by atoms with Crippen molar-refractivity contribution < 1.29 is 79.0 Å². The van der Waals surface area contributed by atoms with Crippen molar-refractivity contribution in [3.8, 4) is 33.8 Å². The number of methoxy groups -OCH3 is 1. The van der Waals surface area contributed by atoms with E-state index in [1.807, 2.05) is 84.9 Å². The zero-order chi connectivity index (χ0) is 45.5. The van der Waals surface area contributed by atoms with Crippen molar-refractivity contribution in [3.63, 3.8) is 0 Å². The molecule has 2 heterocycles. The maximum absolute atomic E-state index is 9.97. The predicted octanol–water partition coefficient (Wildman–Crippen LogP) is 0.503. The van der Waals surface area contributed by atoms with Crippen LogP contribution in [0.15, 0.2) is 109 Å². The van der Waals surface area contributed by atoms with Gasteiger partial charge < -0.3 is 75.1 Å². The minimum Gasteiger partial charge on any atom is -0.469 e. The summed E-state index contributed by atoms with van der Waals surface area (Å²) < 4.78 is 25.9. The summed E-state index contributed by atoms with van der Waals surface area (Å²) in [5.41, 5.74) is 10.9. The van der Waals surface area contributed by atoms with E-state index in [9.17, 15) is 50.4 Å². The second-order valence-electron chi connectivity index (χ2n) is 12.9. The fourth-order valence-corrected chi connectivity index (χ4v) is 5.45. The maximum atomic E-state index is 9.97. The van der Waals surface area contributed by atoms with Gasteiger partial charge in [-0.05, 0) is 53.6 Å². The molecule has 0 aromatic heterocycles. The summed E-state index contributed by atoms with van der Waals surface area (Å²) in [6.45, 7) is 1.71. The topological polar surface area (TPSA) is 289 Å². The molecule has 2 aliphatic rings. The molecule has 2 fully saturated rings. The summed E-state index contributed by atoms with van der Waals surface area (Å²) in [5.74, 6) is 0.320. The van der Waals surface area contributed by atoms with Gasteiger partial charge in [0.05, 0.1) is 20.3 Å². The molecule has 2 saturated heterocycles. The van der Waals surface area contributed by atoms with Crippen LogP contribution in [0.25, 0.3) is 22.3 Å². The van der Waals surface area contributed by atoms with E-state index in [4.69, 9.17) is 18.9 Å². The number of carbonyl (C=O) groups excluding carboxylic acids is 2. The Labute approximate surface area is 354 Å². The van der Waals surface area contributed by atoms with Crippen LogP contribution in [0.5, 0.6) is 11.5 Å². The predicted molar refractivity (Wildman–Crippen MR) is 221 cm³/mol. The highest BCUT2D eigenvalue weighted by Crippen LogP contribution is 2.28. The van der Waals surface area contributed by atoms with E-state index >= 15 is 0 Å². The van der Waals surface area contributed by atoms with Gasteiger partial charge in [0.15, 0.2) is 0 Å². The smallest absolute Gasteiger partial charge is 0.321 e. The molecule has 0 amide bonds. The number of nitrogens with two attached hydrogens (primary N) is 1. The number of esters is 1. The Morgan fingerprint density at radius 3 is 1.10 bits per heavy atom. The Morgan fingerprint density at radius 1 is 0.541 bits per heavy atom. The molecule has 10 atom stereocenters. The number of ether oxygens (including phenoxy) is 5. The molecule has 0 radical (unpaired) electrons. The molecule has 0 spiro atoms. The monoisotopic (exact) mass is 858 g/mol. The van der Waals surface area contributed by atoms with Gasteiger partial charge in [0.25, 0.3) is 0 Å². The van der Waals surface area contributed by atoms with Crippen molar-refractivity contribution in [2.75, 3.05) is 34.4 Å². The van der Waals surface area contributed by atoms with Crippen LogP contribution < -0.4 is 20.7 Å². The molecular weight excluding hydrogens is 800 g/mol. The first kappa shape index (κ1) is 52.1. The molecule has 10 unspecified atom stereocenters. The first-order valence-electron chi connectivity index (χ1n) is 19.0. The van der Waals surface area contributed by atoms with E-state index in [2.05, 4.69) is 20.8 Å². The summed E-state index contributed by atoms with van der Waals surface area (Å²) in [4.78, 5) is 23.5. The number of hydroxylamine groups is 1. The van der Waals surface area contributed by atoms with E-state index in [1.54, 1.807) is 24.3 Å². The lowest BCUT2D eigenvalue weighted by Crippen LogP contribution is -2.60. The molecular formula is C43H58N2O16. The lowest BCUT2D eigenvalue weighted by atomic mass is 9.99. The van der Waals surface area contributed by atoms with Crippen LogP contribution in [-0.4, -0.2) is 149 Å². The van der Waals surface area contributed by atoms with Gasteiger partial charge in [-0.1, -0.05) is 84.9 Å². The standard InChI is InChI=1S/2C18H20O6.C3H7NO2.C3H6O2.CH5N/c2*19-10-14-15(20)16(21)17(22)18(24-14)23-13-8-6-12(7-9-13)11-4-2-1-3-5-11;1-3(5)6-4-2;1-3(4)5-2;1-2/h2*1-9,14-22H,10H2;4H,1-2H3;1-2H3;2H2,1H3. The van der Waals surface area contributed by atoms with Crippen molar-refractivity contribution in [1.29, 1.82) is 0 Å². The van der Waals surface area contributed by atoms with Crippen molar-refractivity contribution in [3.05, 3.63) is 109 Å². The van der Waals surface area contributed by atoms with Crippen LogP contribution >= 0.6 is 0 Å². The zero-order valence-corrected chi connectivity index (χ0v) is 34.5. The lowest BCUT2D eigenvalue weighted by molar-refractivity contribution is -0.277. The largest absolute Gasteiger partial charge is 0.469 e. The third-order valence-corrected chi connectivity index (χ3v) is 8.66. The number of nitrogens with one attached hydrogen (secondary N) is 1. The first-order valence-corrected chi connectivity index (χ1v) is 19.0. The second kappa shape index (κ2) is 27.7. The van der Waals surface area contributed by atoms with Crippen molar-refractivity contribution in [2.45, 2.75) is 75.3 Å². The van der Waals surface area contributed by atoms with E-state index < -0.39 is 74.6 Å². The number of benzene rings is 4. The average molecular weight is 859 g/mol. The van der Waals surface area contributed by atoms with Crippen LogP contribution in [0.1, 0.15) is 13.8 Å². The Kier molecular flexibility index (Phi) is 23.7. The molecule has 4 aromatic carbocycles. The van der Waals surface area contributed by atoms with Crippen LogP contribution in [-0.2, 0) is 28.6 Å². The molecule has 18 heteroatoms. The summed E-state index contributed by atoms with van der Waals surface area (Å²) in [6, 6.07) is 34.1. The number of hydrogen-bond acceptors (Lipinski definition) is 18. The highest BCUT2D eigenvalue weighted by Gasteiger charge is 2.45. The van der Waals surface area contributed by atoms with Crippen LogP contribution in [0.3, 0.4) is 0 Å². The van der Waals surface area contributed by atoms with Gasteiger partial charge in [-0.2, -0.15) is 5.48 Å². The minimum atomic E-state index is -1.45. The fraction of sp³-hybridized carbons (Fsp3) is 0.395. The van der Waals surface area contributed by atoms with Gasteiger partial charge in [-0.15, -0.1) is 0 Å². The molecule has 0 aliphatic carbocycles. The summed E-state index contributed by atoms with van der Waals surface area (Å²) in [5, 5.41) is 77.3. The average Bonchev–Trinajstić information content (AvgIpc) is 3.29. The molecule has 0 bridgehead atoms. The number of aliphatic hydroxyl groups is 8. The van der Waals surface area contributed by atoms with Crippen molar-refractivity contribution >= 4 is 11.9 Å². The van der Waals surface area contributed by atoms with Gasteiger partial charge in [0.2, 0.25) is 12.6 Å². The van der Waals surface area contributed by atoms with E-state index in [0.29, 0.717) is 11.5 Å². The molecule has 11 N–H and O–H groups in total. The molecule has 2 aliphatic heterocycles. The Morgan fingerprint density at radius 2 is 0.852 bits per heavy atom. The SMILES string of the molecule is CN.CNOC(C)=O.COC(C)=O.OCC1OC(Oc2ccc(-c3ccccc3)cc2)C(O)C(O)C1O.OCC1OC(Oc2ccc(-c3ccccc3)cc2)C(O)C(O)C1O.